The number of rotatable bonds is 8. The number of halogens is 1. The summed E-state index contributed by atoms with van der Waals surface area (Å²) in [6.07, 6.45) is 3.17. The van der Waals surface area contributed by atoms with Crippen LogP contribution >= 0.6 is 34.4 Å². The molecule has 0 radical (unpaired) electrons. The van der Waals surface area contributed by atoms with Gasteiger partial charge in [0.2, 0.25) is 10.0 Å². The molecule has 3 aromatic rings. The first-order chi connectivity index (χ1) is 15.5. The molecule has 0 aromatic heterocycles. The van der Waals surface area contributed by atoms with Crippen molar-refractivity contribution in [3.8, 4) is 0 Å². The summed E-state index contributed by atoms with van der Waals surface area (Å²) in [5.74, 6) is 0. The maximum Gasteiger partial charge on any atom is 0.261 e. The lowest BCUT2D eigenvalue weighted by molar-refractivity contribution is 0.283. The monoisotopic (exact) mass is 611 g/mol. The highest BCUT2D eigenvalue weighted by molar-refractivity contribution is 14.1. The predicted molar refractivity (Wildman–Crippen MR) is 152 cm³/mol. The van der Waals surface area contributed by atoms with Crippen molar-refractivity contribution < 1.29 is 12.8 Å². The van der Waals surface area contributed by atoms with E-state index in [1.54, 1.807) is 11.8 Å². The standard InChI is InChI=1S/C25H30INO3S2Si/c1-25(2,3)33(20-12-8-6-9-13-20,21-14-10-7-11-15-21)30-18-19-16-22(26)23(17-24(19)31-4)27-32(5,28)29/h6-17,27H,18H2,1-5H3. The highest BCUT2D eigenvalue weighted by atomic mass is 127. The molecule has 0 aliphatic carbocycles. The second-order valence-corrected chi connectivity index (χ2v) is 17.0. The molecule has 0 bridgehead atoms. The van der Waals surface area contributed by atoms with E-state index in [1.807, 2.05) is 30.5 Å². The molecule has 0 saturated heterocycles. The van der Waals surface area contributed by atoms with Crippen LogP contribution in [0.2, 0.25) is 5.04 Å². The zero-order valence-corrected chi connectivity index (χ0v) is 24.3. The van der Waals surface area contributed by atoms with Crippen LogP contribution in [-0.2, 0) is 21.1 Å². The Morgan fingerprint density at radius 3 is 1.91 bits per heavy atom. The molecule has 3 aromatic carbocycles. The first kappa shape index (κ1) is 26.3. The Morgan fingerprint density at radius 2 is 1.48 bits per heavy atom. The van der Waals surface area contributed by atoms with Gasteiger partial charge in [-0.1, -0.05) is 81.4 Å². The van der Waals surface area contributed by atoms with E-state index in [0.29, 0.717) is 12.3 Å². The minimum atomic E-state index is -3.35. The van der Waals surface area contributed by atoms with Gasteiger partial charge in [-0.2, -0.15) is 0 Å². The highest BCUT2D eigenvalue weighted by Gasteiger charge is 2.50. The van der Waals surface area contributed by atoms with Crippen molar-refractivity contribution in [1.82, 2.24) is 0 Å². The molecular weight excluding hydrogens is 581 g/mol. The number of sulfonamides is 1. The first-order valence-corrected chi connectivity index (χ1v) is 16.7. The summed E-state index contributed by atoms with van der Waals surface area (Å²) in [7, 11) is -6.01. The van der Waals surface area contributed by atoms with E-state index < -0.39 is 18.3 Å². The van der Waals surface area contributed by atoms with Crippen molar-refractivity contribution in [1.29, 1.82) is 0 Å². The summed E-state index contributed by atoms with van der Waals surface area (Å²) in [5, 5.41) is 2.36. The Kier molecular flexibility index (Phi) is 8.37. The predicted octanol–water partition coefficient (Wildman–Crippen LogP) is 5.46. The van der Waals surface area contributed by atoms with Gasteiger partial charge in [0.15, 0.2) is 0 Å². The second-order valence-electron chi connectivity index (χ2n) is 8.97. The minimum absolute atomic E-state index is 0.111. The van der Waals surface area contributed by atoms with Crippen LogP contribution in [0.4, 0.5) is 5.69 Å². The Balaban J connectivity index is 2.10. The van der Waals surface area contributed by atoms with Crippen molar-refractivity contribution in [2.24, 2.45) is 0 Å². The largest absolute Gasteiger partial charge is 0.403 e. The molecule has 33 heavy (non-hydrogen) atoms. The molecule has 176 valence electrons. The average Bonchev–Trinajstić information content (AvgIpc) is 2.75. The van der Waals surface area contributed by atoms with Crippen LogP contribution < -0.4 is 15.1 Å². The molecule has 0 amide bonds. The summed E-state index contributed by atoms with van der Waals surface area (Å²) < 4.78 is 34.1. The fourth-order valence-electron chi connectivity index (χ4n) is 4.12. The van der Waals surface area contributed by atoms with Gasteiger partial charge in [-0.25, -0.2) is 8.42 Å². The number of nitrogens with one attached hydrogen (secondary N) is 1. The molecule has 8 heteroatoms. The fourth-order valence-corrected chi connectivity index (χ4v) is 10.7. The summed E-state index contributed by atoms with van der Waals surface area (Å²) in [6, 6.07) is 25.1. The molecule has 0 unspecified atom stereocenters. The smallest absolute Gasteiger partial charge is 0.261 e. The Labute approximate surface area is 216 Å². The van der Waals surface area contributed by atoms with Crippen molar-refractivity contribution in [2.75, 3.05) is 17.2 Å². The van der Waals surface area contributed by atoms with Crippen LogP contribution in [0, 0.1) is 3.57 Å². The zero-order valence-electron chi connectivity index (χ0n) is 19.6. The molecular formula is C25H30INO3S2Si. The number of thioether (sulfide) groups is 1. The van der Waals surface area contributed by atoms with Crippen LogP contribution in [0.15, 0.2) is 77.7 Å². The molecule has 0 aliphatic heterocycles. The lowest BCUT2D eigenvalue weighted by Gasteiger charge is -2.43. The average molecular weight is 612 g/mol. The normalized spacial score (nSPS) is 12.5. The van der Waals surface area contributed by atoms with Crippen LogP contribution in [0.25, 0.3) is 0 Å². The van der Waals surface area contributed by atoms with Crippen molar-refractivity contribution in [3.05, 3.63) is 81.9 Å². The zero-order chi connectivity index (χ0) is 24.3. The van der Waals surface area contributed by atoms with Gasteiger partial charge in [0, 0.05) is 8.47 Å². The maximum absolute atomic E-state index is 11.8. The molecule has 0 fully saturated rings. The van der Waals surface area contributed by atoms with E-state index in [2.05, 4.69) is 96.6 Å². The van der Waals surface area contributed by atoms with E-state index >= 15 is 0 Å². The molecule has 4 nitrogen and oxygen atoms in total. The van der Waals surface area contributed by atoms with Crippen molar-refractivity contribution in [2.45, 2.75) is 37.3 Å². The van der Waals surface area contributed by atoms with Gasteiger partial charge >= 0.3 is 0 Å². The Hall–Kier alpha value is -1.33. The van der Waals surface area contributed by atoms with Crippen molar-refractivity contribution in [3.63, 3.8) is 0 Å². The molecule has 3 rings (SSSR count). The van der Waals surface area contributed by atoms with E-state index in [4.69, 9.17) is 4.43 Å². The van der Waals surface area contributed by atoms with Gasteiger partial charge in [0.05, 0.1) is 18.6 Å². The van der Waals surface area contributed by atoms with E-state index in [9.17, 15) is 8.42 Å². The van der Waals surface area contributed by atoms with Crippen LogP contribution in [0.3, 0.4) is 0 Å². The Bertz CT molecular complexity index is 1160. The SMILES string of the molecule is CSc1cc(NS(C)(=O)=O)c(I)cc1CO[Si](c1ccccc1)(c1ccccc1)C(C)(C)C. The van der Waals surface area contributed by atoms with Gasteiger partial charge in [-0.3, -0.25) is 4.72 Å². The first-order valence-electron chi connectivity index (χ1n) is 10.6. The van der Waals surface area contributed by atoms with Gasteiger partial charge in [0.25, 0.3) is 8.32 Å². The lowest BCUT2D eigenvalue weighted by Crippen LogP contribution is -2.66. The van der Waals surface area contributed by atoms with E-state index in [0.717, 1.165) is 14.0 Å². The van der Waals surface area contributed by atoms with Gasteiger partial charge < -0.3 is 4.43 Å². The summed E-state index contributed by atoms with van der Waals surface area (Å²) >= 11 is 3.77. The number of hydrogen-bond acceptors (Lipinski definition) is 4. The second kappa shape index (κ2) is 10.5. The third-order valence-corrected chi connectivity index (χ3v) is 12.8. The third kappa shape index (κ3) is 6.03. The summed E-state index contributed by atoms with van der Waals surface area (Å²) in [4.78, 5) is 1.000. The van der Waals surface area contributed by atoms with Gasteiger partial charge in [-0.05, 0) is 62.0 Å². The molecule has 0 aliphatic rings. The maximum atomic E-state index is 11.8. The molecule has 1 N–H and O–H groups in total. The van der Waals surface area contributed by atoms with E-state index in [-0.39, 0.29) is 5.04 Å². The molecule has 0 atom stereocenters. The molecule has 0 spiro atoms. The lowest BCUT2D eigenvalue weighted by atomic mass is 10.2. The number of anilines is 1. The summed E-state index contributed by atoms with van der Waals surface area (Å²) in [5.41, 5.74) is 1.65. The number of benzene rings is 3. The quantitative estimate of drug-likeness (QED) is 0.209. The van der Waals surface area contributed by atoms with Gasteiger partial charge in [0.1, 0.15) is 0 Å². The van der Waals surface area contributed by atoms with Crippen LogP contribution in [-0.4, -0.2) is 29.2 Å². The number of hydrogen-bond donors (Lipinski definition) is 1. The van der Waals surface area contributed by atoms with Crippen molar-refractivity contribution >= 4 is 68.8 Å². The Morgan fingerprint density at radius 1 is 0.970 bits per heavy atom. The van der Waals surface area contributed by atoms with Crippen LogP contribution in [0.1, 0.15) is 26.3 Å². The third-order valence-electron chi connectivity index (χ3n) is 5.53. The topological polar surface area (TPSA) is 55.4 Å². The van der Waals surface area contributed by atoms with E-state index in [1.165, 1.54) is 16.6 Å². The molecule has 0 heterocycles. The summed E-state index contributed by atoms with van der Waals surface area (Å²) in [6.45, 7) is 7.23. The molecule has 0 saturated carbocycles. The fraction of sp³-hybridized carbons (Fsp3) is 0.280. The van der Waals surface area contributed by atoms with Crippen LogP contribution in [0.5, 0.6) is 0 Å². The minimum Gasteiger partial charge on any atom is -0.403 e. The highest BCUT2D eigenvalue weighted by Crippen LogP contribution is 2.38. The van der Waals surface area contributed by atoms with Gasteiger partial charge in [-0.15, -0.1) is 11.8 Å².